The Bertz CT molecular complexity index is 405. The van der Waals surface area contributed by atoms with E-state index in [-0.39, 0.29) is 18.0 Å². The maximum atomic E-state index is 11.3. The summed E-state index contributed by atoms with van der Waals surface area (Å²) >= 11 is 0. The minimum Gasteiger partial charge on any atom is -0.368 e. The number of aldehydes is 1. The lowest BCUT2D eigenvalue weighted by atomic mass is 10.1. The van der Waals surface area contributed by atoms with Crippen molar-refractivity contribution in [1.82, 2.24) is 4.90 Å². The molecule has 0 saturated carbocycles. The monoisotopic (exact) mass is 232 g/mol. The molecule has 1 aromatic carbocycles. The van der Waals surface area contributed by atoms with E-state index in [0.717, 1.165) is 31.2 Å². The predicted octanol–water partition coefficient (Wildman–Crippen LogP) is 0.876. The Labute approximate surface area is 100 Å². The van der Waals surface area contributed by atoms with Gasteiger partial charge in [0.15, 0.2) is 0 Å². The van der Waals surface area contributed by atoms with Gasteiger partial charge in [-0.25, -0.2) is 0 Å². The van der Waals surface area contributed by atoms with Crippen LogP contribution < -0.4 is 5.73 Å². The van der Waals surface area contributed by atoms with Crippen LogP contribution in [-0.2, 0) is 9.59 Å². The van der Waals surface area contributed by atoms with Crippen LogP contribution in [0.15, 0.2) is 30.3 Å². The fourth-order valence-electron chi connectivity index (χ4n) is 2.43. The fourth-order valence-corrected chi connectivity index (χ4v) is 2.43. The molecule has 1 unspecified atom stereocenters. The van der Waals surface area contributed by atoms with Crippen molar-refractivity contribution in [1.29, 1.82) is 0 Å². The van der Waals surface area contributed by atoms with E-state index in [0.29, 0.717) is 0 Å². The summed E-state index contributed by atoms with van der Waals surface area (Å²) in [5, 5.41) is 0. The maximum Gasteiger partial charge on any atom is 0.234 e. The molecule has 0 spiro atoms. The first-order valence-corrected chi connectivity index (χ1v) is 5.79. The zero-order valence-electron chi connectivity index (χ0n) is 9.58. The van der Waals surface area contributed by atoms with Crippen LogP contribution in [0.25, 0.3) is 0 Å². The third-order valence-corrected chi connectivity index (χ3v) is 3.25. The molecule has 0 bridgehead atoms. The summed E-state index contributed by atoms with van der Waals surface area (Å²) in [6, 6.07) is 8.80. The summed E-state index contributed by atoms with van der Waals surface area (Å²) in [6.07, 6.45) is 2.54. The highest BCUT2D eigenvalue weighted by Crippen LogP contribution is 2.27. The summed E-state index contributed by atoms with van der Waals surface area (Å²) in [4.78, 5) is 24.5. The van der Waals surface area contributed by atoms with Gasteiger partial charge in [0, 0.05) is 6.54 Å². The number of amides is 1. The van der Waals surface area contributed by atoms with Gasteiger partial charge in [0.25, 0.3) is 0 Å². The topological polar surface area (TPSA) is 63.4 Å². The molecule has 2 atom stereocenters. The second-order valence-corrected chi connectivity index (χ2v) is 4.29. The van der Waals surface area contributed by atoms with E-state index in [1.165, 1.54) is 0 Å². The van der Waals surface area contributed by atoms with Crippen molar-refractivity contribution in [2.45, 2.75) is 24.9 Å². The molecule has 1 amide bonds. The van der Waals surface area contributed by atoms with Gasteiger partial charge in [0.05, 0.1) is 12.1 Å². The largest absolute Gasteiger partial charge is 0.368 e. The molecular formula is C13H16N2O2. The molecule has 4 nitrogen and oxygen atoms in total. The number of hydrogen-bond acceptors (Lipinski definition) is 3. The Kier molecular flexibility index (Phi) is 3.54. The van der Waals surface area contributed by atoms with Crippen LogP contribution in [0.5, 0.6) is 0 Å². The number of carbonyl (C=O) groups is 2. The first-order valence-electron chi connectivity index (χ1n) is 5.79. The van der Waals surface area contributed by atoms with Crippen molar-refractivity contribution in [2.75, 3.05) is 6.54 Å². The Morgan fingerprint density at radius 3 is 2.71 bits per heavy atom. The average molecular weight is 232 g/mol. The van der Waals surface area contributed by atoms with Gasteiger partial charge in [-0.05, 0) is 18.4 Å². The van der Waals surface area contributed by atoms with E-state index in [1.54, 1.807) is 0 Å². The van der Waals surface area contributed by atoms with Crippen molar-refractivity contribution in [3.63, 3.8) is 0 Å². The highest BCUT2D eigenvalue weighted by molar-refractivity contribution is 5.81. The Hall–Kier alpha value is -1.68. The second kappa shape index (κ2) is 5.10. The van der Waals surface area contributed by atoms with E-state index in [2.05, 4.69) is 0 Å². The number of nitrogens with two attached hydrogens (primary N) is 1. The summed E-state index contributed by atoms with van der Waals surface area (Å²) in [6.45, 7) is 0.742. The van der Waals surface area contributed by atoms with Crippen LogP contribution in [0, 0.1) is 0 Å². The SMILES string of the molecule is NC(=O)[C@@H]1CCCN1C(C=O)c1ccccc1. The molecule has 1 heterocycles. The van der Waals surface area contributed by atoms with Crippen molar-refractivity contribution in [3.05, 3.63) is 35.9 Å². The Balaban J connectivity index is 2.24. The number of primary amides is 1. The van der Waals surface area contributed by atoms with Crippen LogP contribution >= 0.6 is 0 Å². The summed E-state index contributed by atoms with van der Waals surface area (Å²) < 4.78 is 0. The molecule has 0 radical (unpaired) electrons. The Morgan fingerprint density at radius 2 is 2.12 bits per heavy atom. The van der Waals surface area contributed by atoms with Gasteiger partial charge >= 0.3 is 0 Å². The van der Waals surface area contributed by atoms with Gasteiger partial charge in [0.1, 0.15) is 6.29 Å². The van der Waals surface area contributed by atoms with Crippen LogP contribution in [0.2, 0.25) is 0 Å². The maximum absolute atomic E-state index is 11.3. The highest BCUT2D eigenvalue weighted by Gasteiger charge is 2.34. The zero-order chi connectivity index (χ0) is 12.3. The first kappa shape index (κ1) is 11.8. The molecule has 1 aliphatic rings. The summed E-state index contributed by atoms with van der Waals surface area (Å²) in [5.41, 5.74) is 6.27. The number of hydrogen-bond donors (Lipinski definition) is 1. The van der Waals surface area contributed by atoms with Gasteiger partial charge in [-0.2, -0.15) is 0 Å². The van der Waals surface area contributed by atoms with Crippen LogP contribution in [0.3, 0.4) is 0 Å². The van der Waals surface area contributed by atoms with E-state index in [9.17, 15) is 9.59 Å². The molecule has 4 heteroatoms. The van der Waals surface area contributed by atoms with Crippen LogP contribution in [0.4, 0.5) is 0 Å². The standard InChI is InChI=1S/C13H16N2O2/c14-13(17)11-7-4-8-15(11)12(9-16)10-5-2-1-3-6-10/h1-3,5-6,9,11-12H,4,7-8H2,(H2,14,17)/t11-,12?/m0/s1. The van der Waals surface area contributed by atoms with E-state index < -0.39 is 0 Å². The van der Waals surface area contributed by atoms with Gasteiger partial charge < -0.3 is 10.5 Å². The van der Waals surface area contributed by atoms with Gasteiger partial charge in [-0.1, -0.05) is 30.3 Å². The molecule has 0 aromatic heterocycles. The smallest absolute Gasteiger partial charge is 0.234 e. The molecule has 0 aliphatic carbocycles. The number of rotatable bonds is 4. The molecule has 1 aliphatic heterocycles. The van der Waals surface area contributed by atoms with E-state index in [4.69, 9.17) is 5.73 Å². The minimum atomic E-state index is -0.365. The predicted molar refractivity (Wildman–Crippen MR) is 64.2 cm³/mol. The van der Waals surface area contributed by atoms with Crippen LogP contribution in [0.1, 0.15) is 24.4 Å². The Morgan fingerprint density at radius 1 is 1.41 bits per heavy atom. The van der Waals surface area contributed by atoms with E-state index in [1.807, 2.05) is 35.2 Å². The van der Waals surface area contributed by atoms with Gasteiger partial charge in [-0.3, -0.25) is 9.69 Å². The lowest BCUT2D eigenvalue weighted by Gasteiger charge is -2.27. The molecule has 17 heavy (non-hydrogen) atoms. The lowest BCUT2D eigenvalue weighted by molar-refractivity contribution is -0.124. The second-order valence-electron chi connectivity index (χ2n) is 4.29. The minimum absolute atomic E-state index is 0.314. The first-order chi connectivity index (χ1) is 8.24. The molecule has 2 N–H and O–H groups in total. The number of carbonyl (C=O) groups excluding carboxylic acids is 2. The van der Waals surface area contributed by atoms with Crippen molar-refractivity contribution in [3.8, 4) is 0 Å². The normalized spacial score (nSPS) is 22.2. The van der Waals surface area contributed by atoms with Crippen molar-refractivity contribution in [2.24, 2.45) is 5.73 Å². The molecule has 1 saturated heterocycles. The number of nitrogens with zero attached hydrogens (tertiary/aromatic N) is 1. The molecule has 2 rings (SSSR count). The van der Waals surface area contributed by atoms with Crippen molar-refractivity contribution >= 4 is 12.2 Å². The molecular weight excluding hydrogens is 216 g/mol. The van der Waals surface area contributed by atoms with Crippen LogP contribution in [-0.4, -0.2) is 29.7 Å². The third kappa shape index (κ3) is 2.36. The summed E-state index contributed by atoms with van der Waals surface area (Å²) in [5.74, 6) is -0.342. The molecule has 90 valence electrons. The number of benzene rings is 1. The third-order valence-electron chi connectivity index (χ3n) is 3.25. The van der Waals surface area contributed by atoms with E-state index >= 15 is 0 Å². The lowest BCUT2D eigenvalue weighted by Crippen LogP contribution is -2.42. The highest BCUT2D eigenvalue weighted by atomic mass is 16.1. The zero-order valence-corrected chi connectivity index (χ0v) is 9.58. The van der Waals surface area contributed by atoms with Gasteiger partial charge in [0.2, 0.25) is 5.91 Å². The quantitative estimate of drug-likeness (QED) is 0.784. The fraction of sp³-hybridized carbons (Fsp3) is 0.385. The summed E-state index contributed by atoms with van der Waals surface area (Å²) in [7, 11) is 0. The number of likely N-dealkylation sites (tertiary alicyclic amines) is 1. The van der Waals surface area contributed by atoms with Gasteiger partial charge in [-0.15, -0.1) is 0 Å². The van der Waals surface area contributed by atoms with Crippen molar-refractivity contribution < 1.29 is 9.59 Å². The molecule has 1 aromatic rings. The average Bonchev–Trinajstić information content (AvgIpc) is 2.81. The molecule has 1 fully saturated rings.